The summed E-state index contributed by atoms with van der Waals surface area (Å²) in [6, 6.07) is 6.20. The van der Waals surface area contributed by atoms with E-state index in [1.54, 1.807) is 31.2 Å². The van der Waals surface area contributed by atoms with Gasteiger partial charge in [-0.05, 0) is 26.3 Å². The van der Waals surface area contributed by atoms with Crippen LogP contribution in [0.25, 0.3) is 0 Å². The number of carbonyl (C=O) groups excluding carboxylic acids is 3. The molecule has 0 saturated carbocycles. The standard InChI is InChI=1S/C16H20ClN3O3/c1-4-10(2)18-13(21)9-20-14(22)16(3,19-15(20)23)11-7-5-6-8-12(11)17/h5-8,10H,4,9H2,1-3H3,(H,18,21)(H,19,23)/t10-,16-/m0/s1. The molecule has 2 atom stereocenters. The minimum Gasteiger partial charge on any atom is -0.352 e. The molecule has 1 aromatic rings. The number of nitrogens with zero attached hydrogens (tertiary/aromatic N) is 1. The monoisotopic (exact) mass is 337 g/mol. The summed E-state index contributed by atoms with van der Waals surface area (Å²) in [4.78, 5) is 37.7. The van der Waals surface area contributed by atoms with Gasteiger partial charge in [-0.25, -0.2) is 4.79 Å². The topological polar surface area (TPSA) is 78.5 Å². The highest BCUT2D eigenvalue weighted by Crippen LogP contribution is 2.33. The summed E-state index contributed by atoms with van der Waals surface area (Å²) in [5.41, 5.74) is -0.767. The van der Waals surface area contributed by atoms with Crippen LogP contribution >= 0.6 is 11.6 Å². The van der Waals surface area contributed by atoms with Crippen LogP contribution in [0.1, 0.15) is 32.8 Å². The number of halogens is 1. The lowest BCUT2D eigenvalue weighted by Crippen LogP contribution is -2.44. The number of imide groups is 1. The van der Waals surface area contributed by atoms with Crippen molar-refractivity contribution in [2.75, 3.05) is 6.54 Å². The zero-order valence-corrected chi connectivity index (χ0v) is 14.1. The molecule has 124 valence electrons. The number of carbonyl (C=O) groups is 3. The maximum Gasteiger partial charge on any atom is 0.325 e. The van der Waals surface area contributed by atoms with E-state index in [2.05, 4.69) is 10.6 Å². The first-order valence-electron chi connectivity index (χ1n) is 7.48. The first-order valence-corrected chi connectivity index (χ1v) is 7.86. The summed E-state index contributed by atoms with van der Waals surface area (Å²) in [6.07, 6.45) is 0.767. The van der Waals surface area contributed by atoms with Gasteiger partial charge < -0.3 is 10.6 Å². The second-order valence-corrected chi connectivity index (χ2v) is 6.21. The summed E-state index contributed by atoms with van der Waals surface area (Å²) in [5, 5.41) is 5.75. The molecule has 1 aliphatic rings. The Bertz CT molecular complexity index is 649. The van der Waals surface area contributed by atoms with E-state index < -0.39 is 17.5 Å². The Labute approximate surface area is 140 Å². The molecule has 0 aliphatic carbocycles. The van der Waals surface area contributed by atoms with Crippen molar-refractivity contribution < 1.29 is 14.4 Å². The predicted octanol–water partition coefficient (Wildman–Crippen LogP) is 2.02. The van der Waals surface area contributed by atoms with E-state index in [9.17, 15) is 14.4 Å². The molecule has 0 aromatic heterocycles. The van der Waals surface area contributed by atoms with Gasteiger partial charge in [0, 0.05) is 16.6 Å². The van der Waals surface area contributed by atoms with Gasteiger partial charge in [0.2, 0.25) is 5.91 Å². The molecule has 1 fully saturated rings. The molecule has 7 heteroatoms. The third kappa shape index (κ3) is 3.32. The third-order valence-electron chi connectivity index (χ3n) is 4.01. The number of hydrogen-bond donors (Lipinski definition) is 2. The van der Waals surface area contributed by atoms with Crippen LogP contribution in [0.5, 0.6) is 0 Å². The van der Waals surface area contributed by atoms with E-state index in [0.717, 1.165) is 11.3 Å². The summed E-state index contributed by atoms with van der Waals surface area (Å²) in [7, 11) is 0. The predicted molar refractivity (Wildman–Crippen MR) is 86.9 cm³/mol. The summed E-state index contributed by atoms with van der Waals surface area (Å²) in [6.45, 7) is 5.07. The van der Waals surface area contributed by atoms with Gasteiger partial charge in [-0.3, -0.25) is 14.5 Å². The average Bonchev–Trinajstić information content (AvgIpc) is 2.71. The Morgan fingerprint density at radius 1 is 1.39 bits per heavy atom. The maximum atomic E-state index is 12.7. The lowest BCUT2D eigenvalue weighted by Gasteiger charge is -2.23. The van der Waals surface area contributed by atoms with Crippen molar-refractivity contribution in [1.29, 1.82) is 0 Å². The number of amides is 4. The van der Waals surface area contributed by atoms with Crippen LogP contribution in [0.2, 0.25) is 5.02 Å². The van der Waals surface area contributed by atoms with Crippen LogP contribution in [0.3, 0.4) is 0 Å². The van der Waals surface area contributed by atoms with E-state index in [0.29, 0.717) is 10.6 Å². The van der Waals surface area contributed by atoms with Crippen molar-refractivity contribution in [3.63, 3.8) is 0 Å². The molecule has 2 rings (SSSR count). The smallest absolute Gasteiger partial charge is 0.325 e. The second kappa shape index (κ2) is 6.58. The van der Waals surface area contributed by atoms with E-state index >= 15 is 0 Å². The second-order valence-electron chi connectivity index (χ2n) is 5.80. The van der Waals surface area contributed by atoms with Gasteiger partial charge in [-0.2, -0.15) is 0 Å². The van der Waals surface area contributed by atoms with Crippen molar-refractivity contribution in [2.24, 2.45) is 0 Å². The van der Waals surface area contributed by atoms with Crippen LogP contribution in [0, 0.1) is 0 Å². The molecule has 0 spiro atoms. The van der Waals surface area contributed by atoms with E-state index in [4.69, 9.17) is 11.6 Å². The largest absolute Gasteiger partial charge is 0.352 e. The molecule has 23 heavy (non-hydrogen) atoms. The number of benzene rings is 1. The lowest BCUT2D eigenvalue weighted by molar-refractivity contribution is -0.135. The average molecular weight is 338 g/mol. The molecule has 0 unspecified atom stereocenters. The highest BCUT2D eigenvalue weighted by molar-refractivity contribution is 6.32. The minimum absolute atomic E-state index is 0.0155. The molecule has 4 amide bonds. The van der Waals surface area contributed by atoms with Gasteiger partial charge in [0.15, 0.2) is 0 Å². The molecule has 6 nitrogen and oxygen atoms in total. The number of urea groups is 1. The maximum absolute atomic E-state index is 12.7. The zero-order chi connectivity index (χ0) is 17.2. The molecule has 1 saturated heterocycles. The summed E-state index contributed by atoms with van der Waals surface area (Å²) >= 11 is 6.15. The van der Waals surface area contributed by atoms with Gasteiger partial charge in [0.1, 0.15) is 12.1 Å². The zero-order valence-electron chi connectivity index (χ0n) is 13.4. The molecule has 1 heterocycles. The Morgan fingerprint density at radius 3 is 2.65 bits per heavy atom. The van der Waals surface area contributed by atoms with Crippen molar-refractivity contribution in [3.8, 4) is 0 Å². The van der Waals surface area contributed by atoms with Crippen LogP contribution in [0.15, 0.2) is 24.3 Å². The van der Waals surface area contributed by atoms with Crippen molar-refractivity contribution in [3.05, 3.63) is 34.9 Å². The minimum atomic E-state index is -1.27. The van der Waals surface area contributed by atoms with Gasteiger partial charge in [-0.1, -0.05) is 36.7 Å². The first kappa shape index (κ1) is 17.3. The molecule has 0 bridgehead atoms. The van der Waals surface area contributed by atoms with Crippen molar-refractivity contribution in [2.45, 2.75) is 38.8 Å². The Kier molecular flexibility index (Phi) is 4.94. The van der Waals surface area contributed by atoms with Crippen LogP contribution in [-0.4, -0.2) is 35.3 Å². The van der Waals surface area contributed by atoms with Gasteiger partial charge in [-0.15, -0.1) is 0 Å². The number of rotatable bonds is 5. The Hall–Kier alpha value is -2.08. The first-order chi connectivity index (χ1) is 10.8. The molecule has 1 aliphatic heterocycles. The Morgan fingerprint density at radius 2 is 2.04 bits per heavy atom. The lowest BCUT2D eigenvalue weighted by atomic mass is 9.92. The number of nitrogens with one attached hydrogen (secondary N) is 2. The highest BCUT2D eigenvalue weighted by atomic mass is 35.5. The van der Waals surface area contributed by atoms with Gasteiger partial charge in [0.05, 0.1) is 0 Å². The fraction of sp³-hybridized carbons (Fsp3) is 0.438. The quantitative estimate of drug-likeness (QED) is 0.807. The summed E-state index contributed by atoms with van der Waals surface area (Å²) < 4.78 is 0. The fourth-order valence-corrected chi connectivity index (χ4v) is 2.78. The normalized spacial score (nSPS) is 22.0. The fourth-order valence-electron chi connectivity index (χ4n) is 2.46. The Balaban J connectivity index is 2.20. The van der Waals surface area contributed by atoms with Crippen LogP contribution in [-0.2, 0) is 15.1 Å². The van der Waals surface area contributed by atoms with Crippen LogP contribution in [0.4, 0.5) is 4.79 Å². The van der Waals surface area contributed by atoms with Crippen LogP contribution < -0.4 is 10.6 Å². The van der Waals surface area contributed by atoms with Gasteiger partial charge in [0.25, 0.3) is 5.91 Å². The van der Waals surface area contributed by atoms with E-state index in [1.807, 2.05) is 13.8 Å². The molecular weight excluding hydrogens is 318 g/mol. The molecule has 1 aromatic carbocycles. The van der Waals surface area contributed by atoms with Gasteiger partial charge >= 0.3 is 6.03 Å². The number of hydrogen-bond acceptors (Lipinski definition) is 3. The SMILES string of the molecule is CC[C@H](C)NC(=O)CN1C(=O)N[C@@](C)(c2ccccc2Cl)C1=O. The third-order valence-corrected chi connectivity index (χ3v) is 4.34. The highest BCUT2D eigenvalue weighted by Gasteiger charge is 2.50. The van der Waals surface area contributed by atoms with Crippen molar-refractivity contribution in [1.82, 2.24) is 15.5 Å². The summed E-state index contributed by atoms with van der Waals surface area (Å²) in [5.74, 6) is -0.860. The van der Waals surface area contributed by atoms with E-state index in [-0.39, 0.29) is 18.5 Å². The van der Waals surface area contributed by atoms with E-state index in [1.165, 1.54) is 0 Å². The molecule has 2 N–H and O–H groups in total. The molecule has 0 radical (unpaired) electrons. The molecular formula is C16H20ClN3O3. The van der Waals surface area contributed by atoms with Crippen molar-refractivity contribution >= 4 is 29.4 Å².